The summed E-state index contributed by atoms with van der Waals surface area (Å²) in [4.78, 5) is 25.1. The van der Waals surface area contributed by atoms with E-state index >= 15 is 0 Å². The number of rotatable bonds is 6. The number of aromatic nitrogens is 1. The van der Waals surface area contributed by atoms with Gasteiger partial charge in [0.05, 0.1) is 4.90 Å². The molecule has 0 bridgehead atoms. The summed E-state index contributed by atoms with van der Waals surface area (Å²) in [6.45, 7) is 3.47. The van der Waals surface area contributed by atoms with Crippen molar-refractivity contribution in [2.75, 3.05) is 0 Å². The summed E-state index contributed by atoms with van der Waals surface area (Å²) in [5, 5.41) is 9.76. The second-order valence-electron chi connectivity index (χ2n) is 5.39. The van der Waals surface area contributed by atoms with E-state index < -0.39 is 22.0 Å². The highest BCUT2D eigenvalue weighted by molar-refractivity contribution is 7.89. The molecule has 0 radical (unpaired) electrons. The molecule has 0 aliphatic rings. The Balaban J connectivity index is 2.40. The maximum atomic E-state index is 12.4. The number of carbonyl (C=O) groups is 1. The molecule has 0 unspecified atom stereocenters. The number of sulfonamides is 1. The number of hydrogen-bond donors (Lipinski definition) is 3. The number of H-pyrrole nitrogens is 1. The first-order valence-electron chi connectivity index (χ1n) is 7.13. The number of aliphatic carboxylic acids is 1. The molecular weight excluding hydrogens is 320 g/mol. The second kappa shape index (κ2) is 6.51. The molecule has 0 fully saturated rings. The maximum absolute atomic E-state index is 12.4. The van der Waals surface area contributed by atoms with Crippen LogP contribution in [0.4, 0.5) is 0 Å². The smallest absolute Gasteiger partial charge is 0.322 e. The molecular formula is C15H18N2O5S. The van der Waals surface area contributed by atoms with Gasteiger partial charge in [-0.25, -0.2) is 8.42 Å². The Labute approximate surface area is 133 Å². The standard InChI is InChI=1S/C15H18N2O5S/c1-3-9(2)14(15(19)20)17-23(21,22)11-5-6-12-10(8-11)4-7-13(18)16-12/h4-9,14,17H,3H2,1-2H3,(H,16,18)(H,19,20)/t9-,14-/m0/s1. The van der Waals surface area contributed by atoms with Crippen LogP contribution in [0.1, 0.15) is 20.3 Å². The van der Waals surface area contributed by atoms with Gasteiger partial charge in [0.15, 0.2) is 0 Å². The third-order valence-corrected chi connectivity index (χ3v) is 5.21. The number of benzene rings is 1. The highest BCUT2D eigenvalue weighted by Crippen LogP contribution is 2.18. The van der Waals surface area contributed by atoms with E-state index in [2.05, 4.69) is 9.71 Å². The van der Waals surface area contributed by atoms with Crippen LogP contribution in [0.15, 0.2) is 40.0 Å². The zero-order valence-corrected chi connectivity index (χ0v) is 13.6. The van der Waals surface area contributed by atoms with Gasteiger partial charge in [0.25, 0.3) is 0 Å². The van der Waals surface area contributed by atoms with E-state index in [1.54, 1.807) is 13.8 Å². The highest BCUT2D eigenvalue weighted by atomic mass is 32.2. The molecule has 0 aliphatic heterocycles. The van der Waals surface area contributed by atoms with Gasteiger partial charge in [-0.2, -0.15) is 4.72 Å². The second-order valence-corrected chi connectivity index (χ2v) is 7.11. The Kier molecular flexibility index (Phi) is 4.86. The van der Waals surface area contributed by atoms with Crippen molar-refractivity contribution in [1.82, 2.24) is 9.71 Å². The SMILES string of the molecule is CC[C@H](C)[C@H](NS(=O)(=O)c1ccc2[nH]c(=O)ccc2c1)C(=O)O. The van der Waals surface area contributed by atoms with Gasteiger partial charge < -0.3 is 10.1 Å². The molecule has 0 saturated heterocycles. The Bertz CT molecular complexity index is 888. The van der Waals surface area contributed by atoms with Crippen LogP contribution >= 0.6 is 0 Å². The first kappa shape index (κ1) is 17.2. The van der Waals surface area contributed by atoms with Gasteiger partial charge >= 0.3 is 5.97 Å². The number of nitrogens with one attached hydrogen (secondary N) is 2. The van der Waals surface area contributed by atoms with Crippen molar-refractivity contribution in [3.05, 3.63) is 40.7 Å². The Morgan fingerprint density at radius 3 is 2.61 bits per heavy atom. The van der Waals surface area contributed by atoms with E-state index in [4.69, 9.17) is 0 Å². The van der Waals surface area contributed by atoms with Crippen LogP contribution < -0.4 is 10.3 Å². The lowest BCUT2D eigenvalue weighted by atomic mass is 10.0. The highest BCUT2D eigenvalue weighted by Gasteiger charge is 2.29. The average molecular weight is 338 g/mol. The minimum atomic E-state index is -3.98. The molecule has 1 aromatic heterocycles. The van der Waals surface area contributed by atoms with E-state index in [1.165, 1.54) is 30.3 Å². The number of pyridine rings is 1. The molecule has 124 valence electrons. The zero-order chi connectivity index (χ0) is 17.2. The van der Waals surface area contributed by atoms with Crippen LogP contribution in [0.25, 0.3) is 10.9 Å². The fourth-order valence-corrected chi connectivity index (χ4v) is 3.51. The molecule has 8 heteroatoms. The molecule has 3 N–H and O–H groups in total. The molecule has 7 nitrogen and oxygen atoms in total. The van der Waals surface area contributed by atoms with Crippen molar-refractivity contribution in [2.24, 2.45) is 5.92 Å². The van der Waals surface area contributed by atoms with Crippen molar-refractivity contribution in [1.29, 1.82) is 0 Å². The lowest BCUT2D eigenvalue weighted by molar-refractivity contribution is -0.140. The summed E-state index contributed by atoms with van der Waals surface area (Å²) in [5.41, 5.74) is 0.224. The first-order chi connectivity index (χ1) is 10.7. The lowest BCUT2D eigenvalue weighted by Crippen LogP contribution is -2.44. The van der Waals surface area contributed by atoms with Crippen molar-refractivity contribution in [2.45, 2.75) is 31.2 Å². The topological polar surface area (TPSA) is 116 Å². The summed E-state index contributed by atoms with van der Waals surface area (Å²) < 4.78 is 27.1. The van der Waals surface area contributed by atoms with Gasteiger partial charge in [-0.3, -0.25) is 9.59 Å². The normalized spacial score (nSPS) is 14.5. The summed E-state index contributed by atoms with van der Waals surface area (Å²) in [6.07, 6.45) is 0.526. The fraction of sp³-hybridized carbons (Fsp3) is 0.333. The predicted molar refractivity (Wildman–Crippen MR) is 85.8 cm³/mol. The molecule has 2 rings (SSSR count). The van der Waals surface area contributed by atoms with E-state index in [-0.39, 0.29) is 16.4 Å². The molecule has 0 amide bonds. The van der Waals surface area contributed by atoms with E-state index in [1.807, 2.05) is 0 Å². The monoisotopic (exact) mass is 338 g/mol. The van der Waals surface area contributed by atoms with Crippen molar-refractivity contribution >= 4 is 26.9 Å². The largest absolute Gasteiger partial charge is 0.480 e. The predicted octanol–water partition coefficient (Wildman–Crippen LogP) is 1.31. The van der Waals surface area contributed by atoms with E-state index in [0.717, 1.165) is 0 Å². The van der Waals surface area contributed by atoms with Crippen LogP contribution in [-0.2, 0) is 14.8 Å². The van der Waals surface area contributed by atoms with Crippen LogP contribution in [0.2, 0.25) is 0 Å². The van der Waals surface area contributed by atoms with Crippen LogP contribution in [0.3, 0.4) is 0 Å². The van der Waals surface area contributed by atoms with Gasteiger partial charge in [-0.1, -0.05) is 20.3 Å². The summed E-state index contributed by atoms with van der Waals surface area (Å²) >= 11 is 0. The number of carboxylic acid groups (broad SMARTS) is 1. The number of aromatic amines is 1. The molecule has 1 heterocycles. The van der Waals surface area contributed by atoms with E-state index in [9.17, 15) is 23.1 Å². The molecule has 0 aliphatic carbocycles. The first-order valence-corrected chi connectivity index (χ1v) is 8.61. The van der Waals surface area contributed by atoms with Crippen LogP contribution in [0, 0.1) is 5.92 Å². The van der Waals surface area contributed by atoms with Gasteiger partial charge in [-0.15, -0.1) is 0 Å². The average Bonchev–Trinajstić information content (AvgIpc) is 2.51. The minimum Gasteiger partial charge on any atom is -0.480 e. The number of carboxylic acids is 1. The molecule has 2 atom stereocenters. The number of hydrogen-bond acceptors (Lipinski definition) is 4. The van der Waals surface area contributed by atoms with Crippen LogP contribution in [-0.4, -0.2) is 30.5 Å². The summed E-state index contributed by atoms with van der Waals surface area (Å²) in [5.74, 6) is -1.56. The number of fused-ring (bicyclic) bond motifs is 1. The van der Waals surface area contributed by atoms with Crippen LogP contribution in [0.5, 0.6) is 0 Å². The van der Waals surface area contributed by atoms with Crippen molar-refractivity contribution < 1.29 is 18.3 Å². The quantitative estimate of drug-likeness (QED) is 0.734. The summed E-state index contributed by atoms with van der Waals surface area (Å²) in [7, 11) is -3.98. The molecule has 0 saturated carbocycles. The van der Waals surface area contributed by atoms with Gasteiger partial charge in [-0.05, 0) is 35.6 Å². The summed E-state index contributed by atoms with van der Waals surface area (Å²) in [6, 6.07) is 5.81. The van der Waals surface area contributed by atoms with Gasteiger partial charge in [0, 0.05) is 11.6 Å². The maximum Gasteiger partial charge on any atom is 0.322 e. The third-order valence-electron chi connectivity index (χ3n) is 3.77. The Morgan fingerprint density at radius 1 is 1.30 bits per heavy atom. The minimum absolute atomic E-state index is 0.0494. The van der Waals surface area contributed by atoms with E-state index in [0.29, 0.717) is 17.3 Å². The van der Waals surface area contributed by atoms with Crippen molar-refractivity contribution in [3.8, 4) is 0 Å². The zero-order valence-electron chi connectivity index (χ0n) is 12.7. The Hall–Kier alpha value is -2.19. The lowest BCUT2D eigenvalue weighted by Gasteiger charge is -2.20. The third kappa shape index (κ3) is 3.77. The van der Waals surface area contributed by atoms with Crippen molar-refractivity contribution in [3.63, 3.8) is 0 Å². The molecule has 1 aromatic carbocycles. The fourth-order valence-electron chi connectivity index (χ4n) is 2.18. The molecule has 2 aromatic rings. The molecule has 0 spiro atoms. The van der Waals surface area contributed by atoms with Gasteiger partial charge in [0.2, 0.25) is 15.6 Å². The van der Waals surface area contributed by atoms with Gasteiger partial charge in [0.1, 0.15) is 6.04 Å². The molecule has 23 heavy (non-hydrogen) atoms. The Morgan fingerprint density at radius 2 is 2.00 bits per heavy atom.